The van der Waals surface area contributed by atoms with Gasteiger partial charge in [-0.25, -0.2) is 0 Å². The van der Waals surface area contributed by atoms with Crippen LogP contribution in [0.1, 0.15) is 137 Å². The molecule has 6 N–H and O–H groups in total. The van der Waals surface area contributed by atoms with E-state index in [1.54, 1.807) is 24.3 Å². The average molecular weight is 639 g/mol. The molecule has 0 aliphatic carbocycles. The summed E-state index contributed by atoms with van der Waals surface area (Å²) < 4.78 is 0. The highest BCUT2D eigenvalue weighted by molar-refractivity contribution is 5.98. The van der Waals surface area contributed by atoms with Gasteiger partial charge in [0, 0.05) is 11.8 Å². The minimum absolute atomic E-state index is 0.0969. The summed E-state index contributed by atoms with van der Waals surface area (Å²) >= 11 is 0. The second-order valence-corrected chi connectivity index (χ2v) is 12.1. The Balaban J connectivity index is 1.95. The van der Waals surface area contributed by atoms with Crippen LogP contribution >= 0.6 is 0 Å². The number of aromatic hydroxyl groups is 2. The smallest absolute Gasteiger partial charge is 0.273 e. The summed E-state index contributed by atoms with van der Waals surface area (Å²) in [6.45, 7) is 8.15. The number of nitrogens with one attached hydrogen (secondary N) is 4. The van der Waals surface area contributed by atoms with Crippen molar-refractivity contribution < 1.29 is 29.4 Å². The molecule has 2 aromatic rings. The Morgan fingerprint density at radius 3 is 1.28 bits per heavy atom. The molecule has 10 nitrogen and oxygen atoms in total. The number of hydrazine groups is 2. The molecule has 0 aliphatic rings. The molecule has 0 saturated heterocycles. The van der Waals surface area contributed by atoms with Gasteiger partial charge in [0.15, 0.2) is 0 Å². The van der Waals surface area contributed by atoms with Gasteiger partial charge in [0.2, 0.25) is 11.8 Å². The topological polar surface area (TPSA) is 157 Å². The van der Waals surface area contributed by atoms with E-state index in [0.717, 1.165) is 75.3 Å². The van der Waals surface area contributed by atoms with Gasteiger partial charge in [0.05, 0.1) is 11.1 Å². The lowest BCUT2D eigenvalue weighted by molar-refractivity contribution is -0.128. The molecule has 0 radical (unpaired) electrons. The molecule has 2 unspecified atom stereocenters. The third-order valence-corrected chi connectivity index (χ3v) is 8.23. The van der Waals surface area contributed by atoms with Crippen LogP contribution in [0, 0.1) is 11.8 Å². The minimum Gasteiger partial charge on any atom is -0.507 e. The first-order valence-electron chi connectivity index (χ1n) is 17.0. The highest BCUT2D eigenvalue weighted by Gasteiger charge is 2.25. The standard InChI is InChI=1S/C36H54N4O6/c1-5-9-11-15-25-17-21-31(41)29(23-25)35(45)39-37-33(43)27(13-7-3)19-20-28(14-8-4)34(44)38-40-36(46)30-24-26(16-12-10-6-2)18-22-32(30)42/h17-18,21-24,27-28,41-42H,5-16,19-20H2,1-4H3,(H,37,43)(H,38,44)(H,39,45)(H,40,46). The van der Waals surface area contributed by atoms with Gasteiger partial charge < -0.3 is 10.2 Å². The van der Waals surface area contributed by atoms with Gasteiger partial charge in [-0.3, -0.25) is 40.9 Å². The molecule has 0 saturated carbocycles. The molecule has 2 rings (SSSR count). The summed E-state index contributed by atoms with van der Waals surface area (Å²) in [5.74, 6) is -3.16. The van der Waals surface area contributed by atoms with Gasteiger partial charge in [-0.05, 0) is 86.8 Å². The minimum atomic E-state index is -0.602. The van der Waals surface area contributed by atoms with Crippen LogP contribution in [0.3, 0.4) is 0 Å². The maximum absolute atomic E-state index is 13.1. The first-order valence-corrected chi connectivity index (χ1v) is 17.0. The molecule has 0 aromatic heterocycles. The number of benzene rings is 2. The number of hydrogen-bond donors (Lipinski definition) is 6. The number of phenols is 2. The van der Waals surface area contributed by atoms with E-state index in [1.165, 1.54) is 12.1 Å². The zero-order valence-electron chi connectivity index (χ0n) is 28.0. The van der Waals surface area contributed by atoms with Crippen molar-refractivity contribution in [3.05, 3.63) is 58.7 Å². The zero-order valence-corrected chi connectivity index (χ0v) is 28.0. The maximum Gasteiger partial charge on any atom is 0.273 e. The van der Waals surface area contributed by atoms with Crippen LogP contribution < -0.4 is 21.7 Å². The Morgan fingerprint density at radius 1 is 0.543 bits per heavy atom. The van der Waals surface area contributed by atoms with Crippen LogP contribution in [0.4, 0.5) is 0 Å². The lowest BCUT2D eigenvalue weighted by Crippen LogP contribution is -2.46. The largest absolute Gasteiger partial charge is 0.507 e. The molecule has 0 bridgehead atoms. The highest BCUT2D eigenvalue weighted by Crippen LogP contribution is 2.23. The zero-order chi connectivity index (χ0) is 33.9. The summed E-state index contributed by atoms with van der Waals surface area (Å²) in [6, 6.07) is 9.87. The predicted molar refractivity (Wildman–Crippen MR) is 180 cm³/mol. The molecule has 0 aliphatic heterocycles. The van der Waals surface area contributed by atoms with Crippen molar-refractivity contribution >= 4 is 23.6 Å². The number of hydrogen-bond acceptors (Lipinski definition) is 6. The molecule has 2 aromatic carbocycles. The summed E-state index contributed by atoms with van der Waals surface area (Å²) in [6.07, 6.45) is 11.3. The Bertz CT molecular complexity index is 1180. The summed E-state index contributed by atoms with van der Waals surface area (Å²) in [7, 11) is 0. The lowest BCUT2D eigenvalue weighted by atomic mass is 9.89. The van der Waals surface area contributed by atoms with E-state index in [1.807, 2.05) is 13.8 Å². The lowest BCUT2D eigenvalue weighted by Gasteiger charge is -2.21. The molecule has 0 heterocycles. The third-order valence-electron chi connectivity index (χ3n) is 8.23. The van der Waals surface area contributed by atoms with Gasteiger partial charge in [-0.15, -0.1) is 0 Å². The molecule has 254 valence electrons. The Kier molecular flexibility index (Phi) is 17.3. The summed E-state index contributed by atoms with van der Waals surface area (Å²) in [5.41, 5.74) is 11.9. The van der Waals surface area contributed by atoms with E-state index in [4.69, 9.17) is 0 Å². The van der Waals surface area contributed by atoms with Crippen molar-refractivity contribution in [1.29, 1.82) is 0 Å². The number of rotatable bonds is 19. The van der Waals surface area contributed by atoms with E-state index in [2.05, 4.69) is 35.6 Å². The predicted octanol–water partition coefficient (Wildman–Crippen LogP) is 6.40. The molecule has 10 heteroatoms. The monoisotopic (exact) mass is 638 g/mol. The van der Waals surface area contributed by atoms with Crippen molar-refractivity contribution in [2.75, 3.05) is 0 Å². The molecular weight excluding hydrogens is 584 g/mol. The fraction of sp³-hybridized carbons (Fsp3) is 0.556. The van der Waals surface area contributed by atoms with Crippen molar-refractivity contribution in [2.24, 2.45) is 11.8 Å². The van der Waals surface area contributed by atoms with Crippen LogP contribution in [0.15, 0.2) is 36.4 Å². The first kappa shape index (κ1) is 38.1. The van der Waals surface area contributed by atoms with Crippen molar-refractivity contribution in [3.63, 3.8) is 0 Å². The van der Waals surface area contributed by atoms with E-state index < -0.39 is 23.7 Å². The molecule has 46 heavy (non-hydrogen) atoms. The second kappa shape index (κ2) is 20.9. The second-order valence-electron chi connectivity index (χ2n) is 12.1. The quantitative estimate of drug-likeness (QED) is 0.0773. The molecular formula is C36H54N4O6. The Morgan fingerprint density at radius 2 is 0.935 bits per heavy atom. The molecule has 0 spiro atoms. The van der Waals surface area contributed by atoms with E-state index >= 15 is 0 Å². The number of carbonyl (C=O) groups excluding carboxylic acids is 4. The van der Waals surface area contributed by atoms with E-state index in [-0.39, 0.29) is 34.4 Å². The van der Waals surface area contributed by atoms with Gasteiger partial charge in [0.1, 0.15) is 11.5 Å². The van der Waals surface area contributed by atoms with Gasteiger partial charge in [0.25, 0.3) is 11.8 Å². The fourth-order valence-electron chi connectivity index (χ4n) is 5.49. The van der Waals surface area contributed by atoms with Gasteiger partial charge in [-0.1, -0.05) is 78.4 Å². The highest BCUT2D eigenvalue weighted by atomic mass is 16.3. The molecule has 0 fully saturated rings. The number of aryl methyl sites for hydroxylation is 2. The molecule has 4 amide bonds. The van der Waals surface area contributed by atoms with Crippen molar-refractivity contribution in [3.8, 4) is 11.5 Å². The average Bonchev–Trinajstić information content (AvgIpc) is 3.05. The Hall–Kier alpha value is -4.08. The van der Waals surface area contributed by atoms with Gasteiger partial charge in [-0.2, -0.15) is 0 Å². The van der Waals surface area contributed by atoms with Crippen LogP contribution in [0.5, 0.6) is 11.5 Å². The van der Waals surface area contributed by atoms with Crippen molar-refractivity contribution in [1.82, 2.24) is 21.7 Å². The first-order chi connectivity index (χ1) is 22.1. The fourth-order valence-corrected chi connectivity index (χ4v) is 5.49. The molecule has 2 atom stereocenters. The van der Waals surface area contributed by atoms with E-state index in [0.29, 0.717) is 25.7 Å². The van der Waals surface area contributed by atoms with Crippen LogP contribution in [-0.4, -0.2) is 33.8 Å². The van der Waals surface area contributed by atoms with E-state index in [9.17, 15) is 29.4 Å². The number of carbonyl (C=O) groups is 4. The third kappa shape index (κ3) is 12.7. The number of amides is 4. The maximum atomic E-state index is 13.1. The van der Waals surface area contributed by atoms with Crippen LogP contribution in [0.2, 0.25) is 0 Å². The summed E-state index contributed by atoms with van der Waals surface area (Å²) in [5, 5.41) is 20.5. The van der Waals surface area contributed by atoms with Gasteiger partial charge >= 0.3 is 0 Å². The van der Waals surface area contributed by atoms with Crippen molar-refractivity contribution in [2.45, 2.75) is 118 Å². The van der Waals surface area contributed by atoms with Crippen LogP contribution in [0.25, 0.3) is 0 Å². The normalized spacial score (nSPS) is 12.2. The number of unbranched alkanes of at least 4 members (excludes halogenated alkanes) is 4. The Labute approximate surface area is 274 Å². The summed E-state index contributed by atoms with van der Waals surface area (Å²) in [4.78, 5) is 51.8. The SMILES string of the molecule is CCCCCc1ccc(O)c(C(=O)NNC(=O)C(CCC)CCC(CCC)C(=O)NNC(=O)c2cc(CCCCC)ccc2O)c1. The van der Waals surface area contributed by atoms with Crippen LogP contribution in [-0.2, 0) is 22.4 Å². The number of phenolic OH excluding ortho intramolecular Hbond substituents is 2.